The van der Waals surface area contributed by atoms with E-state index in [1.807, 2.05) is 0 Å². The highest BCUT2D eigenvalue weighted by atomic mass is 15.1. The van der Waals surface area contributed by atoms with Crippen molar-refractivity contribution in [2.24, 2.45) is 5.41 Å². The highest BCUT2D eigenvalue weighted by Gasteiger charge is 2.10. The molecule has 1 aromatic rings. The Bertz CT molecular complexity index is 348. The van der Waals surface area contributed by atoms with Gasteiger partial charge in [0.05, 0.1) is 0 Å². The van der Waals surface area contributed by atoms with Crippen molar-refractivity contribution in [2.45, 2.75) is 27.7 Å². The van der Waals surface area contributed by atoms with Crippen LogP contribution in [-0.4, -0.2) is 20.6 Å². The molecule has 0 saturated carbocycles. The van der Waals surface area contributed by atoms with Crippen LogP contribution in [0.5, 0.6) is 0 Å². The average Bonchev–Trinajstić information content (AvgIpc) is 2.14. The molecule has 1 aromatic carbocycles. The Morgan fingerprint density at radius 2 is 1.81 bits per heavy atom. The van der Waals surface area contributed by atoms with Gasteiger partial charge in [-0.2, -0.15) is 0 Å². The molecule has 0 saturated heterocycles. The van der Waals surface area contributed by atoms with Gasteiger partial charge in [-0.3, -0.25) is 0 Å². The molecule has 0 aromatic heterocycles. The van der Waals surface area contributed by atoms with Crippen molar-refractivity contribution in [1.82, 2.24) is 0 Å². The van der Waals surface area contributed by atoms with E-state index in [2.05, 4.69) is 70.2 Å². The van der Waals surface area contributed by atoms with Crippen LogP contribution in [-0.2, 0) is 0 Å². The van der Waals surface area contributed by atoms with Crippen LogP contribution in [0.3, 0.4) is 0 Å². The van der Waals surface area contributed by atoms with Crippen LogP contribution in [0.15, 0.2) is 18.2 Å². The Morgan fingerprint density at radius 1 is 1.19 bits per heavy atom. The topological polar surface area (TPSA) is 15.3 Å². The zero-order chi connectivity index (χ0) is 12.3. The number of benzene rings is 1. The van der Waals surface area contributed by atoms with Gasteiger partial charge in [0, 0.05) is 32.0 Å². The smallest absolute Gasteiger partial charge is 0.0371 e. The molecular formula is C14H24N2. The quantitative estimate of drug-likeness (QED) is 0.838. The minimum Gasteiger partial charge on any atom is -0.384 e. The normalized spacial score (nSPS) is 11.4. The zero-order valence-corrected chi connectivity index (χ0v) is 11.4. The summed E-state index contributed by atoms with van der Waals surface area (Å²) in [5.41, 5.74) is 4.10. The molecule has 0 aliphatic rings. The summed E-state index contributed by atoms with van der Waals surface area (Å²) in [7, 11) is 4.13. The number of anilines is 2. The van der Waals surface area contributed by atoms with Crippen LogP contribution < -0.4 is 10.2 Å². The van der Waals surface area contributed by atoms with Crippen LogP contribution in [0.1, 0.15) is 26.3 Å². The molecule has 0 spiro atoms. The van der Waals surface area contributed by atoms with Gasteiger partial charge in [-0.15, -0.1) is 0 Å². The second-order valence-electron chi connectivity index (χ2n) is 5.81. The Labute approximate surface area is 99.7 Å². The van der Waals surface area contributed by atoms with E-state index in [1.54, 1.807) is 0 Å². The Hall–Kier alpha value is -1.18. The van der Waals surface area contributed by atoms with Crippen molar-refractivity contribution in [3.8, 4) is 0 Å². The molecule has 0 heterocycles. The monoisotopic (exact) mass is 220 g/mol. The first kappa shape index (κ1) is 12.9. The van der Waals surface area contributed by atoms with Gasteiger partial charge in [0.1, 0.15) is 0 Å². The van der Waals surface area contributed by atoms with Gasteiger partial charge in [0.25, 0.3) is 0 Å². The molecule has 0 radical (unpaired) electrons. The van der Waals surface area contributed by atoms with E-state index in [4.69, 9.17) is 0 Å². The van der Waals surface area contributed by atoms with Crippen molar-refractivity contribution >= 4 is 11.4 Å². The molecule has 0 bridgehead atoms. The minimum atomic E-state index is 0.312. The van der Waals surface area contributed by atoms with Gasteiger partial charge < -0.3 is 10.2 Å². The summed E-state index contributed by atoms with van der Waals surface area (Å²) in [5, 5.41) is 3.50. The molecule has 0 atom stereocenters. The number of hydrogen-bond acceptors (Lipinski definition) is 2. The van der Waals surface area contributed by atoms with E-state index in [0.29, 0.717) is 5.41 Å². The third-order valence-corrected chi connectivity index (χ3v) is 2.54. The van der Waals surface area contributed by atoms with Gasteiger partial charge in [-0.1, -0.05) is 20.8 Å². The Kier molecular flexibility index (Phi) is 3.84. The summed E-state index contributed by atoms with van der Waals surface area (Å²) < 4.78 is 0. The predicted octanol–water partition coefficient (Wildman–Crippen LogP) is 3.52. The maximum absolute atomic E-state index is 3.50. The standard InChI is InChI=1S/C14H24N2/c1-11-9-12(16(5)6)7-8-13(11)15-10-14(2,3)4/h7-9,15H,10H2,1-6H3. The molecular weight excluding hydrogens is 196 g/mol. The Morgan fingerprint density at radius 3 is 2.25 bits per heavy atom. The lowest BCUT2D eigenvalue weighted by Gasteiger charge is -2.21. The summed E-state index contributed by atoms with van der Waals surface area (Å²) in [6.07, 6.45) is 0. The molecule has 0 unspecified atom stereocenters. The summed E-state index contributed by atoms with van der Waals surface area (Å²) in [6, 6.07) is 6.53. The lowest BCUT2D eigenvalue weighted by molar-refractivity contribution is 0.443. The molecule has 0 amide bonds. The number of nitrogens with zero attached hydrogens (tertiary/aromatic N) is 1. The first-order valence-corrected chi connectivity index (χ1v) is 5.81. The van der Waals surface area contributed by atoms with E-state index in [-0.39, 0.29) is 0 Å². The molecule has 0 fully saturated rings. The number of nitrogens with one attached hydrogen (secondary N) is 1. The SMILES string of the molecule is Cc1cc(N(C)C)ccc1NCC(C)(C)C. The number of hydrogen-bond donors (Lipinski definition) is 1. The van der Waals surface area contributed by atoms with E-state index in [0.717, 1.165) is 6.54 Å². The fourth-order valence-corrected chi connectivity index (χ4v) is 1.48. The van der Waals surface area contributed by atoms with E-state index in [9.17, 15) is 0 Å². The third-order valence-electron chi connectivity index (χ3n) is 2.54. The van der Waals surface area contributed by atoms with Crippen molar-refractivity contribution in [2.75, 3.05) is 30.9 Å². The van der Waals surface area contributed by atoms with Crippen molar-refractivity contribution in [3.05, 3.63) is 23.8 Å². The van der Waals surface area contributed by atoms with Crippen molar-refractivity contribution in [1.29, 1.82) is 0 Å². The fourth-order valence-electron chi connectivity index (χ4n) is 1.48. The second-order valence-corrected chi connectivity index (χ2v) is 5.81. The summed E-state index contributed by atoms with van der Waals surface area (Å²) in [6.45, 7) is 9.86. The van der Waals surface area contributed by atoms with E-state index >= 15 is 0 Å². The van der Waals surface area contributed by atoms with E-state index < -0.39 is 0 Å². The van der Waals surface area contributed by atoms with Crippen LogP contribution in [0.25, 0.3) is 0 Å². The number of rotatable bonds is 3. The summed E-state index contributed by atoms with van der Waals surface area (Å²) in [4.78, 5) is 2.13. The second kappa shape index (κ2) is 4.77. The molecule has 16 heavy (non-hydrogen) atoms. The lowest BCUT2D eigenvalue weighted by Crippen LogP contribution is -2.19. The van der Waals surface area contributed by atoms with E-state index in [1.165, 1.54) is 16.9 Å². The zero-order valence-electron chi connectivity index (χ0n) is 11.4. The minimum absolute atomic E-state index is 0.312. The third kappa shape index (κ3) is 3.76. The van der Waals surface area contributed by atoms with Crippen LogP contribution in [0.2, 0.25) is 0 Å². The largest absolute Gasteiger partial charge is 0.384 e. The maximum Gasteiger partial charge on any atom is 0.0371 e. The first-order valence-electron chi connectivity index (χ1n) is 5.81. The van der Waals surface area contributed by atoms with Crippen LogP contribution in [0.4, 0.5) is 11.4 Å². The molecule has 90 valence electrons. The highest BCUT2D eigenvalue weighted by molar-refractivity contribution is 5.59. The van der Waals surface area contributed by atoms with Crippen molar-refractivity contribution in [3.63, 3.8) is 0 Å². The number of aryl methyl sites for hydroxylation is 1. The van der Waals surface area contributed by atoms with Gasteiger partial charge in [-0.25, -0.2) is 0 Å². The maximum atomic E-state index is 3.50. The van der Waals surface area contributed by atoms with Gasteiger partial charge in [-0.05, 0) is 36.1 Å². The fraction of sp³-hybridized carbons (Fsp3) is 0.571. The molecule has 1 rings (SSSR count). The van der Waals surface area contributed by atoms with Crippen LogP contribution >= 0.6 is 0 Å². The average molecular weight is 220 g/mol. The highest BCUT2D eigenvalue weighted by Crippen LogP contribution is 2.23. The molecule has 1 N–H and O–H groups in total. The van der Waals surface area contributed by atoms with Gasteiger partial charge >= 0.3 is 0 Å². The Balaban J connectivity index is 2.76. The first-order chi connectivity index (χ1) is 7.29. The molecule has 2 nitrogen and oxygen atoms in total. The van der Waals surface area contributed by atoms with Gasteiger partial charge in [0.15, 0.2) is 0 Å². The predicted molar refractivity (Wildman–Crippen MR) is 73.5 cm³/mol. The summed E-state index contributed by atoms with van der Waals surface area (Å²) >= 11 is 0. The lowest BCUT2D eigenvalue weighted by atomic mass is 9.96. The summed E-state index contributed by atoms with van der Waals surface area (Å²) in [5.74, 6) is 0. The molecule has 0 aliphatic heterocycles. The molecule has 2 heteroatoms. The van der Waals surface area contributed by atoms with Gasteiger partial charge in [0.2, 0.25) is 0 Å². The van der Waals surface area contributed by atoms with Crippen molar-refractivity contribution < 1.29 is 0 Å². The van der Waals surface area contributed by atoms with Crippen LogP contribution in [0, 0.1) is 12.3 Å². The molecule has 0 aliphatic carbocycles.